The summed E-state index contributed by atoms with van der Waals surface area (Å²) >= 11 is 0. The molecule has 0 unspecified atom stereocenters. The minimum Gasteiger partial charge on any atom is -0.387 e. The molecule has 1 aromatic heterocycles. The summed E-state index contributed by atoms with van der Waals surface area (Å²) in [7, 11) is 0. The predicted molar refractivity (Wildman–Crippen MR) is 69.6 cm³/mol. The average Bonchev–Trinajstić information content (AvgIpc) is 2.79. The van der Waals surface area contributed by atoms with Gasteiger partial charge in [0.2, 0.25) is 5.91 Å². The molecule has 1 aliphatic rings. The van der Waals surface area contributed by atoms with Gasteiger partial charge in [0.05, 0.1) is 5.69 Å². The Morgan fingerprint density at radius 3 is 2.63 bits per heavy atom. The number of piperazine rings is 1. The maximum atomic E-state index is 11.4. The summed E-state index contributed by atoms with van der Waals surface area (Å²) < 4.78 is 5.23. The molecular formula is C13H21N3O3. The van der Waals surface area contributed by atoms with Crippen molar-refractivity contribution in [2.45, 2.75) is 26.8 Å². The molecule has 6 heteroatoms. The fourth-order valence-corrected chi connectivity index (χ4v) is 2.40. The molecule has 2 heterocycles. The van der Waals surface area contributed by atoms with Gasteiger partial charge in [-0.15, -0.1) is 0 Å². The van der Waals surface area contributed by atoms with Crippen molar-refractivity contribution in [1.82, 2.24) is 15.0 Å². The lowest BCUT2D eigenvalue weighted by molar-refractivity contribution is -0.136. The molecule has 1 fully saturated rings. The first-order valence-electron chi connectivity index (χ1n) is 6.70. The Labute approximate surface area is 113 Å². The van der Waals surface area contributed by atoms with Crippen LogP contribution in [0, 0.1) is 6.92 Å². The summed E-state index contributed by atoms with van der Waals surface area (Å²) in [5.41, 5.74) is 2.19. The maximum Gasteiger partial charge on any atom is 0.248 e. The minimum atomic E-state index is -0.398. The summed E-state index contributed by atoms with van der Waals surface area (Å²) in [5.74, 6) is 0.695. The van der Waals surface area contributed by atoms with E-state index in [9.17, 15) is 4.79 Å². The van der Waals surface area contributed by atoms with E-state index in [-0.39, 0.29) is 5.91 Å². The van der Waals surface area contributed by atoms with Gasteiger partial charge in [-0.2, -0.15) is 0 Å². The Morgan fingerprint density at radius 1 is 1.37 bits per heavy atom. The summed E-state index contributed by atoms with van der Waals surface area (Å²) in [6.07, 6.45) is 0.871. The van der Waals surface area contributed by atoms with E-state index in [1.807, 2.05) is 6.92 Å². The van der Waals surface area contributed by atoms with Gasteiger partial charge in [0, 0.05) is 38.3 Å². The fraction of sp³-hybridized carbons (Fsp3) is 0.692. The predicted octanol–water partition coefficient (Wildman–Crippen LogP) is 0.182. The van der Waals surface area contributed by atoms with Gasteiger partial charge >= 0.3 is 0 Å². The van der Waals surface area contributed by atoms with Crippen molar-refractivity contribution in [3.8, 4) is 0 Å². The molecule has 0 bridgehead atoms. The van der Waals surface area contributed by atoms with E-state index < -0.39 is 6.61 Å². The highest BCUT2D eigenvalue weighted by atomic mass is 16.5. The number of hydrogen-bond acceptors (Lipinski definition) is 5. The van der Waals surface area contributed by atoms with Crippen LogP contribution in [0.15, 0.2) is 4.52 Å². The SMILES string of the molecule is CCc1noc(C)c1CN1CCN(C(=O)CO)CC1. The zero-order valence-electron chi connectivity index (χ0n) is 11.6. The van der Waals surface area contributed by atoms with Gasteiger partial charge in [0.15, 0.2) is 0 Å². The molecule has 1 amide bonds. The zero-order valence-corrected chi connectivity index (χ0v) is 11.6. The summed E-state index contributed by atoms with van der Waals surface area (Å²) in [6.45, 7) is 7.41. The number of hydrogen-bond donors (Lipinski definition) is 1. The molecule has 0 spiro atoms. The second kappa shape index (κ2) is 6.16. The largest absolute Gasteiger partial charge is 0.387 e. The van der Waals surface area contributed by atoms with Gasteiger partial charge in [-0.25, -0.2) is 0 Å². The first-order valence-corrected chi connectivity index (χ1v) is 6.70. The van der Waals surface area contributed by atoms with E-state index in [2.05, 4.69) is 17.0 Å². The molecule has 0 radical (unpaired) electrons. The van der Waals surface area contributed by atoms with E-state index in [0.29, 0.717) is 13.1 Å². The van der Waals surface area contributed by atoms with Crippen LogP contribution in [0.4, 0.5) is 0 Å². The third-order valence-electron chi connectivity index (χ3n) is 3.64. The number of aryl methyl sites for hydroxylation is 2. The van der Waals surface area contributed by atoms with Crippen LogP contribution in [0.5, 0.6) is 0 Å². The van der Waals surface area contributed by atoms with Crippen molar-refractivity contribution in [2.24, 2.45) is 0 Å². The Bertz CT molecular complexity index is 436. The Balaban J connectivity index is 1.92. The topological polar surface area (TPSA) is 69.8 Å². The number of rotatable bonds is 4. The lowest BCUT2D eigenvalue weighted by Gasteiger charge is -2.34. The quantitative estimate of drug-likeness (QED) is 0.843. The second-order valence-corrected chi connectivity index (χ2v) is 4.83. The van der Waals surface area contributed by atoms with Crippen LogP contribution in [0.1, 0.15) is 23.9 Å². The Morgan fingerprint density at radius 2 is 2.05 bits per heavy atom. The van der Waals surface area contributed by atoms with E-state index in [1.54, 1.807) is 4.90 Å². The van der Waals surface area contributed by atoms with Crippen molar-refractivity contribution in [1.29, 1.82) is 0 Å². The maximum absolute atomic E-state index is 11.4. The molecular weight excluding hydrogens is 246 g/mol. The van der Waals surface area contributed by atoms with Crippen LogP contribution in [-0.2, 0) is 17.8 Å². The standard InChI is InChI=1S/C13H21N3O3/c1-3-12-11(10(2)19-14-12)8-15-4-6-16(7-5-15)13(18)9-17/h17H,3-9H2,1-2H3. The Hall–Kier alpha value is -1.40. The molecule has 106 valence electrons. The van der Waals surface area contributed by atoms with E-state index >= 15 is 0 Å². The van der Waals surface area contributed by atoms with Crippen molar-refractivity contribution in [3.63, 3.8) is 0 Å². The first-order chi connectivity index (χ1) is 9.15. The number of amides is 1. The fourth-order valence-electron chi connectivity index (χ4n) is 2.40. The number of carbonyl (C=O) groups is 1. The lowest BCUT2D eigenvalue weighted by Crippen LogP contribution is -2.49. The van der Waals surface area contributed by atoms with Crippen molar-refractivity contribution in [3.05, 3.63) is 17.0 Å². The van der Waals surface area contributed by atoms with Gasteiger partial charge in [-0.3, -0.25) is 9.69 Å². The molecule has 6 nitrogen and oxygen atoms in total. The van der Waals surface area contributed by atoms with Crippen molar-refractivity contribution >= 4 is 5.91 Å². The van der Waals surface area contributed by atoms with E-state index in [0.717, 1.165) is 37.5 Å². The number of aliphatic hydroxyl groups excluding tert-OH is 1. The molecule has 2 rings (SSSR count). The van der Waals surface area contributed by atoms with Gasteiger partial charge < -0.3 is 14.5 Å². The first kappa shape index (κ1) is 14.0. The molecule has 0 atom stereocenters. The molecule has 19 heavy (non-hydrogen) atoms. The highest BCUT2D eigenvalue weighted by molar-refractivity contribution is 5.77. The Kier molecular flexibility index (Phi) is 4.55. The second-order valence-electron chi connectivity index (χ2n) is 4.83. The minimum absolute atomic E-state index is 0.185. The number of aliphatic hydroxyl groups is 1. The van der Waals surface area contributed by atoms with Crippen LogP contribution in [-0.4, -0.2) is 58.8 Å². The summed E-state index contributed by atoms with van der Waals surface area (Å²) in [4.78, 5) is 15.4. The van der Waals surface area contributed by atoms with Crippen molar-refractivity contribution < 1.29 is 14.4 Å². The average molecular weight is 267 g/mol. The smallest absolute Gasteiger partial charge is 0.248 e. The summed E-state index contributed by atoms with van der Waals surface area (Å²) in [5, 5.41) is 12.9. The molecule has 1 N–H and O–H groups in total. The molecule has 0 saturated carbocycles. The van der Waals surface area contributed by atoms with Crippen LogP contribution < -0.4 is 0 Å². The number of carbonyl (C=O) groups excluding carboxylic acids is 1. The van der Waals surface area contributed by atoms with Crippen molar-refractivity contribution in [2.75, 3.05) is 32.8 Å². The van der Waals surface area contributed by atoms with Crippen LogP contribution in [0.2, 0.25) is 0 Å². The monoisotopic (exact) mass is 267 g/mol. The van der Waals surface area contributed by atoms with E-state index in [4.69, 9.17) is 9.63 Å². The zero-order chi connectivity index (χ0) is 13.8. The highest BCUT2D eigenvalue weighted by Crippen LogP contribution is 2.17. The van der Waals surface area contributed by atoms with Gasteiger partial charge in [-0.05, 0) is 13.3 Å². The highest BCUT2D eigenvalue weighted by Gasteiger charge is 2.22. The van der Waals surface area contributed by atoms with Gasteiger partial charge in [0.25, 0.3) is 0 Å². The molecule has 1 saturated heterocycles. The van der Waals surface area contributed by atoms with Crippen LogP contribution >= 0.6 is 0 Å². The van der Waals surface area contributed by atoms with Crippen LogP contribution in [0.3, 0.4) is 0 Å². The van der Waals surface area contributed by atoms with Gasteiger partial charge in [0.1, 0.15) is 12.4 Å². The lowest BCUT2D eigenvalue weighted by atomic mass is 10.1. The van der Waals surface area contributed by atoms with Crippen LogP contribution in [0.25, 0.3) is 0 Å². The molecule has 0 aromatic carbocycles. The molecule has 0 aliphatic carbocycles. The number of nitrogens with zero attached hydrogens (tertiary/aromatic N) is 3. The third kappa shape index (κ3) is 3.13. The molecule has 1 aliphatic heterocycles. The molecule has 1 aromatic rings. The van der Waals surface area contributed by atoms with E-state index in [1.165, 1.54) is 5.56 Å². The third-order valence-corrected chi connectivity index (χ3v) is 3.64. The number of aromatic nitrogens is 1. The van der Waals surface area contributed by atoms with Gasteiger partial charge in [-0.1, -0.05) is 12.1 Å². The normalized spacial score (nSPS) is 16.9. The summed E-state index contributed by atoms with van der Waals surface area (Å²) in [6, 6.07) is 0.